The molecule has 0 saturated heterocycles. The smallest absolute Gasteiger partial charge is 0.255 e. The Kier molecular flexibility index (Phi) is 3.16. The average molecular weight is 294 g/mol. The number of hydrogen-bond acceptors (Lipinski definition) is 4. The summed E-state index contributed by atoms with van der Waals surface area (Å²) in [6, 6.07) is 7.12. The summed E-state index contributed by atoms with van der Waals surface area (Å²) in [6.45, 7) is 1.22. The number of anilines is 1. The molecule has 6 heteroatoms. The van der Waals surface area contributed by atoms with Gasteiger partial charge in [0.2, 0.25) is 0 Å². The molecule has 0 bridgehead atoms. The molecule has 2 aromatic rings. The van der Waals surface area contributed by atoms with Crippen LogP contribution in [0.4, 0.5) is 5.13 Å². The Morgan fingerprint density at radius 1 is 1.42 bits per heavy atom. The zero-order valence-electron chi connectivity index (χ0n) is 10.1. The minimum Gasteiger partial charge on any atom is -0.375 e. The summed E-state index contributed by atoms with van der Waals surface area (Å²) in [6.07, 6.45) is 0.749. The van der Waals surface area contributed by atoms with Crippen molar-refractivity contribution in [3.8, 4) is 0 Å². The maximum atomic E-state index is 12.4. The Bertz CT molecular complexity index is 641. The molecular formula is C13H12ClN3OS. The van der Waals surface area contributed by atoms with Gasteiger partial charge in [0.15, 0.2) is 5.13 Å². The van der Waals surface area contributed by atoms with Crippen molar-refractivity contribution in [1.29, 1.82) is 0 Å². The predicted molar refractivity (Wildman–Crippen MR) is 76.4 cm³/mol. The molecule has 0 unspecified atom stereocenters. The predicted octanol–water partition coefficient (Wildman–Crippen LogP) is 2.58. The van der Waals surface area contributed by atoms with Gasteiger partial charge in [-0.3, -0.25) is 4.79 Å². The Hall–Kier alpha value is -1.59. The van der Waals surface area contributed by atoms with Crippen molar-refractivity contribution in [3.05, 3.63) is 45.4 Å². The van der Waals surface area contributed by atoms with E-state index in [2.05, 4.69) is 4.98 Å². The number of carbonyl (C=O) groups is 1. The minimum absolute atomic E-state index is 0.0387. The number of nitrogens with two attached hydrogens (primary N) is 1. The summed E-state index contributed by atoms with van der Waals surface area (Å²) in [5.74, 6) is -0.0387. The van der Waals surface area contributed by atoms with Crippen molar-refractivity contribution in [2.24, 2.45) is 0 Å². The number of thiazole rings is 1. The van der Waals surface area contributed by atoms with E-state index in [9.17, 15) is 4.79 Å². The van der Waals surface area contributed by atoms with Crippen molar-refractivity contribution < 1.29 is 4.79 Å². The van der Waals surface area contributed by atoms with Gasteiger partial charge in [0.05, 0.1) is 22.8 Å². The molecule has 98 valence electrons. The lowest BCUT2D eigenvalue weighted by Gasteiger charge is -2.26. The first-order valence-electron chi connectivity index (χ1n) is 5.93. The number of benzene rings is 1. The van der Waals surface area contributed by atoms with Crippen LogP contribution in [-0.2, 0) is 13.0 Å². The summed E-state index contributed by atoms with van der Waals surface area (Å²) >= 11 is 7.52. The standard InChI is InChI=1S/C13H12ClN3OS/c14-9-4-2-1-3-8(9)12(18)17-6-5-10-11(7-17)19-13(15)16-10/h1-4H,5-7H2,(H2,15,16). The molecular weight excluding hydrogens is 282 g/mol. The van der Waals surface area contributed by atoms with Crippen molar-refractivity contribution in [3.63, 3.8) is 0 Å². The van der Waals surface area contributed by atoms with E-state index in [-0.39, 0.29) is 5.91 Å². The Balaban J connectivity index is 1.85. The maximum Gasteiger partial charge on any atom is 0.255 e. The summed E-state index contributed by atoms with van der Waals surface area (Å²) in [7, 11) is 0. The van der Waals surface area contributed by atoms with Crippen LogP contribution >= 0.6 is 22.9 Å². The fourth-order valence-electron chi connectivity index (χ4n) is 2.19. The number of nitrogen functional groups attached to an aromatic ring is 1. The lowest BCUT2D eigenvalue weighted by Crippen LogP contribution is -2.35. The molecule has 0 fully saturated rings. The van der Waals surface area contributed by atoms with Gasteiger partial charge in [0.25, 0.3) is 5.91 Å². The van der Waals surface area contributed by atoms with E-state index < -0.39 is 0 Å². The summed E-state index contributed by atoms with van der Waals surface area (Å²) in [5.41, 5.74) is 7.26. The van der Waals surface area contributed by atoms with E-state index in [1.807, 2.05) is 12.1 Å². The third kappa shape index (κ3) is 2.31. The van der Waals surface area contributed by atoms with Crippen LogP contribution in [0.5, 0.6) is 0 Å². The van der Waals surface area contributed by atoms with Crippen molar-refractivity contribution >= 4 is 34.0 Å². The second-order valence-corrected chi connectivity index (χ2v) is 5.90. The Labute approximate surface area is 119 Å². The number of halogens is 1. The summed E-state index contributed by atoms with van der Waals surface area (Å²) in [5, 5.41) is 1.05. The van der Waals surface area contributed by atoms with Crippen LogP contribution in [0.15, 0.2) is 24.3 Å². The second kappa shape index (κ2) is 4.83. The first-order chi connectivity index (χ1) is 9.15. The van der Waals surface area contributed by atoms with Crippen molar-refractivity contribution in [2.45, 2.75) is 13.0 Å². The molecule has 4 nitrogen and oxygen atoms in total. The van der Waals surface area contributed by atoms with Crippen LogP contribution in [0.2, 0.25) is 5.02 Å². The van der Waals surface area contributed by atoms with E-state index in [4.69, 9.17) is 17.3 Å². The van der Waals surface area contributed by atoms with Crippen LogP contribution in [-0.4, -0.2) is 22.3 Å². The molecule has 1 aromatic heterocycles. The molecule has 1 amide bonds. The van der Waals surface area contributed by atoms with Crippen LogP contribution in [0.25, 0.3) is 0 Å². The molecule has 1 aliphatic rings. The van der Waals surface area contributed by atoms with E-state index in [0.717, 1.165) is 17.0 Å². The number of fused-ring (bicyclic) bond motifs is 1. The fraction of sp³-hybridized carbons (Fsp3) is 0.231. The highest BCUT2D eigenvalue weighted by atomic mass is 35.5. The SMILES string of the molecule is Nc1nc2c(s1)CN(C(=O)c1ccccc1Cl)CC2. The van der Waals surface area contributed by atoms with Crippen LogP contribution < -0.4 is 5.73 Å². The minimum atomic E-state index is -0.0387. The van der Waals surface area contributed by atoms with Crippen LogP contribution in [0.3, 0.4) is 0 Å². The van der Waals surface area contributed by atoms with Crippen molar-refractivity contribution in [2.75, 3.05) is 12.3 Å². The average Bonchev–Trinajstić information content (AvgIpc) is 2.77. The second-order valence-electron chi connectivity index (χ2n) is 4.38. The topological polar surface area (TPSA) is 59.2 Å². The number of amides is 1. The number of hydrogen-bond donors (Lipinski definition) is 1. The fourth-order valence-corrected chi connectivity index (χ4v) is 3.30. The zero-order valence-corrected chi connectivity index (χ0v) is 11.7. The van der Waals surface area contributed by atoms with Gasteiger partial charge in [-0.2, -0.15) is 0 Å². The van der Waals surface area contributed by atoms with Gasteiger partial charge in [0.1, 0.15) is 0 Å². The summed E-state index contributed by atoms with van der Waals surface area (Å²) in [4.78, 5) is 19.6. The van der Waals surface area contributed by atoms with Gasteiger partial charge in [-0.05, 0) is 12.1 Å². The number of rotatable bonds is 1. The van der Waals surface area contributed by atoms with Gasteiger partial charge in [0, 0.05) is 17.8 Å². The molecule has 2 heterocycles. The van der Waals surface area contributed by atoms with Gasteiger partial charge in [-0.15, -0.1) is 11.3 Å². The van der Waals surface area contributed by atoms with E-state index >= 15 is 0 Å². The lowest BCUT2D eigenvalue weighted by atomic mass is 10.1. The molecule has 0 spiro atoms. The van der Waals surface area contributed by atoms with Gasteiger partial charge < -0.3 is 10.6 Å². The summed E-state index contributed by atoms with van der Waals surface area (Å²) < 4.78 is 0. The zero-order chi connectivity index (χ0) is 13.4. The molecule has 1 aromatic carbocycles. The Morgan fingerprint density at radius 2 is 2.21 bits per heavy atom. The van der Waals surface area contributed by atoms with Gasteiger partial charge in [-0.25, -0.2) is 4.98 Å². The maximum absolute atomic E-state index is 12.4. The molecule has 0 atom stereocenters. The molecule has 3 rings (SSSR count). The highest BCUT2D eigenvalue weighted by molar-refractivity contribution is 7.15. The number of nitrogens with zero attached hydrogens (tertiary/aromatic N) is 2. The van der Waals surface area contributed by atoms with Gasteiger partial charge in [-0.1, -0.05) is 23.7 Å². The normalized spacial score (nSPS) is 14.3. The highest BCUT2D eigenvalue weighted by Gasteiger charge is 2.25. The largest absolute Gasteiger partial charge is 0.375 e. The Morgan fingerprint density at radius 3 is 3.00 bits per heavy atom. The van der Waals surface area contributed by atoms with Crippen molar-refractivity contribution in [1.82, 2.24) is 9.88 Å². The molecule has 0 radical (unpaired) electrons. The van der Waals surface area contributed by atoms with E-state index in [0.29, 0.717) is 28.8 Å². The molecule has 2 N–H and O–H groups in total. The highest BCUT2D eigenvalue weighted by Crippen LogP contribution is 2.28. The first kappa shape index (κ1) is 12.4. The molecule has 0 saturated carbocycles. The number of carbonyl (C=O) groups excluding carboxylic acids is 1. The van der Waals surface area contributed by atoms with Crippen LogP contribution in [0, 0.1) is 0 Å². The third-order valence-corrected chi connectivity index (χ3v) is 4.38. The van der Waals surface area contributed by atoms with Crippen LogP contribution in [0.1, 0.15) is 20.9 Å². The molecule has 19 heavy (non-hydrogen) atoms. The van der Waals surface area contributed by atoms with E-state index in [1.54, 1.807) is 17.0 Å². The number of aromatic nitrogens is 1. The quantitative estimate of drug-likeness (QED) is 0.879. The monoisotopic (exact) mass is 293 g/mol. The first-order valence-corrected chi connectivity index (χ1v) is 7.12. The molecule has 0 aliphatic carbocycles. The molecule has 1 aliphatic heterocycles. The van der Waals surface area contributed by atoms with Gasteiger partial charge >= 0.3 is 0 Å². The third-order valence-electron chi connectivity index (χ3n) is 3.14. The van der Waals surface area contributed by atoms with E-state index in [1.165, 1.54) is 11.3 Å². The lowest BCUT2D eigenvalue weighted by molar-refractivity contribution is 0.0736.